The first-order valence-corrected chi connectivity index (χ1v) is 22.8. The van der Waals surface area contributed by atoms with Gasteiger partial charge in [-0.2, -0.15) is 0 Å². The number of benzene rings is 5. The maximum atomic E-state index is 2.57. The van der Waals surface area contributed by atoms with E-state index < -0.39 is 0 Å². The largest absolute Gasteiger partial charge is 0.375 e. The summed E-state index contributed by atoms with van der Waals surface area (Å²) in [4.78, 5) is 14.4. The van der Waals surface area contributed by atoms with E-state index in [1.807, 2.05) is 0 Å². The molecule has 6 heteroatoms. The first-order chi connectivity index (χ1) is 28.8. The number of hydrogen-bond donors (Lipinski definition) is 0. The van der Waals surface area contributed by atoms with Gasteiger partial charge in [0.25, 0.3) is 0 Å². The molecule has 316 valence electrons. The molecule has 0 spiro atoms. The molecule has 0 N–H and O–H groups in total. The third kappa shape index (κ3) is 12.5. The van der Waals surface area contributed by atoms with Gasteiger partial charge < -0.3 is 29.4 Å². The molecule has 0 radical (unpaired) electrons. The van der Waals surface area contributed by atoms with E-state index in [9.17, 15) is 0 Å². The van der Waals surface area contributed by atoms with Crippen LogP contribution in [-0.2, 0) is 0 Å². The number of hydrogen-bond acceptors (Lipinski definition) is 6. The zero-order chi connectivity index (χ0) is 42.0. The molecule has 5 aromatic carbocycles. The van der Waals surface area contributed by atoms with E-state index in [2.05, 4.69) is 206 Å². The van der Waals surface area contributed by atoms with Crippen LogP contribution < -0.4 is 29.4 Å². The maximum Gasteiger partial charge on any atom is 0.0463 e. The Morgan fingerprint density at radius 3 is 0.661 bits per heavy atom. The minimum atomic E-state index is 1.06. The van der Waals surface area contributed by atoms with Gasteiger partial charge in [-0.05, 0) is 153 Å². The summed E-state index contributed by atoms with van der Waals surface area (Å²) in [6.45, 7) is 16.7. The highest BCUT2D eigenvalue weighted by Crippen LogP contribution is 2.40. The molecule has 59 heavy (non-hydrogen) atoms. The zero-order valence-corrected chi connectivity index (χ0v) is 37.8. The van der Waals surface area contributed by atoms with Crippen LogP contribution in [0.4, 0.5) is 56.9 Å². The highest BCUT2D eigenvalue weighted by Gasteiger charge is 2.18. The fraction of sp³-hybridized carbons (Fsp3) is 0.434. The van der Waals surface area contributed by atoms with Gasteiger partial charge in [0.15, 0.2) is 0 Å². The van der Waals surface area contributed by atoms with Crippen LogP contribution in [-0.4, -0.2) is 53.9 Å². The van der Waals surface area contributed by atoms with E-state index in [0.29, 0.717) is 0 Å². The lowest BCUT2D eigenvalue weighted by Gasteiger charge is -2.30. The van der Waals surface area contributed by atoms with Crippen molar-refractivity contribution in [3.63, 3.8) is 0 Å². The first-order valence-electron chi connectivity index (χ1n) is 22.8. The maximum absolute atomic E-state index is 2.57. The second-order valence-electron chi connectivity index (χ2n) is 16.3. The van der Waals surface area contributed by atoms with Gasteiger partial charge in [-0.25, -0.2) is 0 Å². The third-order valence-corrected chi connectivity index (χ3v) is 11.6. The second kappa shape index (κ2) is 23.5. The summed E-state index contributed by atoms with van der Waals surface area (Å²) in [5.41, 5.74) is 11.9. The summed E-state index contributed by atoms with van der Waals surface area (Å²) in [6, 6.07) is 45.6. The SMILES string of the molecule is CCCCN(C)c1ccc(N(c2ccc(N(C)CCCC)cc2)c2ccc(N(c3ccc(N(C)CCCC)cc3)c3ccc(N(CCCC)CCCC)cc3)cc2)cc1. The molecule has 0 aromatic heterocycles. The average molecular weight is 795 g/mol. The Hall–Kier alpha value is -5.10. The van der Waals surface area contributed by atoms with E-state index in [0.717, 1.165) is 66.8 Å². The lowest BCUT2D eigenvalue weighted by Crippen LogP contribution is -2.25. The van der Waals surface area contributed by atoms with Gasteiger partial charge in [0.2, 0.25) is 0 Å². The van der Waals surface area contributed by atoms with Crippen molar-refractivity contribution in [3.8, 4) is 0 Å². The summed E-state index contributed by atoms with van der Waals surface area (Å²) in [5.74, 6) is 0. The van der Waals surface area contributed by atoms with Crippen LogP contribution >= 0.6 is 0 Å². The third-order valence-electron chi connectivity index (χ3n) is 11.6. The van der Waals surface area contributed by atoms with E-state index in [4.69, 9.17) is 0 Å². The average Bonchev–Trinajstić information content (AvgIpc) is 3.28. The molecular formula is C53H74N6. The number of unbranched alkanes of at least 4 members (excludes halogenated alkanes) is 5. The van der Waals surface area contributed by atoms with Crippen molar-refractivity contribution < 1.29 is 0 Å². The van der Waals surface area contributed by atoms with Gasteiger partial charge in [0, 0.05) is 111 Å². The molecule has 0 aliphatic carbocycles. The quantitative estimate of drug-likeness (QED) is 0.0582. The molecule has 0 bridgehead atoms. The van der Waals surface area contributed by atoms with Gasteiger partial charge in [0.05, 0.1) is 0 Å². The van der Waals surface area contributed by atoms with Gasteiger partial charge in [-0.1, -0.05) is 66.7 Å². The number of rotatable bonds is 25. The van der Waals surface area contributed by atoms with Crippen molar-refractivity contribution in [2.75, 3.05) is 83.3 Å². The summed E-state index contributed by atoms with van der Waals surface area (Å²) in [7, 11) is 6.59. The van der Waals surface area contributed by atoms with Crippen molar-refractivity contribution in [3.05, 3.63) is 121 Å². The van der Waals surface area contributed by atoms with Gasteiger partial charge in [0.1, 0.15) is 0 Å². The summed E-state index contributed by atoms with van der Waals surface area (Å²) in [5, 5.41) is 0. The molecule has 0 saturated heterocycles. The smallest absolute Gasteiger partial charge is 0.0463 e. The van der Waals surface area contributed by atoms with Crippen molar-refractivity contribution in [1.82, 2.24) is 0 Å². The molecular weight excluding hydrogens is 721 g/mol. The number of nitrogens with zero attached hydrogens (tertiary/aromatic N) is 6. The van der Waals surface area contributed by atoms with Gasteiger partial charge in [-0.3, -0.25) is 0 Å². The molecule has 0 amide bonds. The molecule has 0 aliphatic heterocycles. The predicted molar refractivity (Wildman–Crippen MR) is 262 cm³/mol. The Bertz CT molecular complexity index is 1820. The van der Waals surface area contributed by atoms with Crippen LogP contribution in [0, 0.1) is 0 Å². The number of anilines is 10. The standard InChI is InChI=1S/C53H74N6/c1-9-14-39-54(6)44-19-27-48(28-20-44)58(49-29-21-45(22-30-49)55(7)40-15-10-2)52-35-37-53(38-36-52)59(50-31-23-46(24-32-50)56(8)41-16-11-3)51-33-25-47(26-34-51)57(42-17-12-4)43-18-13-5/h19-38H,9-18,39-43H2,1-8H3. The molecule has 5 rings (SSSR count). The molecule has 0 atom stereocenters. The van der Waals surface area contributed by atoms with Crippen LogP contribution in [0.5, 0.6) is 0 Å². The van der Waals surface area contributed by atoms with E-state index in [1.165, 1.54) is 87.0 Å². The fourth-order valence-corrected chi connectivity index (χ4v) is 7.67. The second-order valence-corrected chi connectivity index (χ2v) is 16.3. The van der Waals surface area contributed by atoms with Crippen LogP contribution in [0.25, 0.3) is 0 Å². The monoisotopic (exact) mass is 795 g/mol. The van der Waals surface area contributed by atoms with Crippen LogP contribution in [0.3, 0.4) is 0 Å². The molecule has 0 unspecified atom stereocenters. The molecule has 5 aromatic rings. The molecule has 0 fully saturated rings. The Morgan fingerprint density at radius 2 is 0.441 bits per heavy atom. The van der Waals surface area contributed by atoms with Crippen LogP contribution in [0.2, 0.25) is 0 Å². The fourth-order valence-electron chi connectivity index (χ4n) is 7.67. The summed E-state index contributed by atoms with van der Waals surface area (Å²) >= 11 is 0. The Morgan fingerprint density at radius 1 is 0.254 bits per heavy atom. The lowest BCUT2D eigenvalue weighted by molar-refractivity contribution is 0.678. The zero-order valence-electron chi connectivity index (χ0n) is 37.8. The van der Waals surface area contributed by atoms with E-state index >= 15 is 0 Å². The van der Waals surface area contributed by atoms with Crippen molar-refractivity contribution in [2.45, 2.75) is 98.8 Å². The molecule has 0 aliphatic rings. The molecule has 0 saturated carbocycles. The van der Waals surface area contributed by atoms with Crippen LogP contribution in [0.1, 0.15) is 98.8 Å². The Balaban J connectivity index is 1.53. The van der Waals surface area contributed by atoms with E-state index in [1.54, 1.807) is 0 Å². The molecule has 0 heterocycles. The Labute approximate surface area is 359 Å². The summed E-state index contributed by atoms with van der Waals surface area (Å²) in [6.07, 6.45) is 12.0. The van der Waals surface area contributed by atoms with Crippen molar-refractivity contribution >= 4 is 56.9 Å². The first kappa shape index (κ1) is 45.0. The molecule has 6 nitrogen and oxygen atoms in total. The van der Waals surface area contributed by atoms with Crippen molar-refractivity contribution in [1.29, 1.82) is 0 Å². The Kier molecular flexibility index (Phi) is 17.9. The topological polar surface area (TPSA) is 19.4 Å². The minimum absolute atomic E-state index is 1.06. The van der Waals surface area contributed by atoms with Gasteiger partial charge in [-0.15, -0.1) is 0 Å². The highest BCUT2D eigenvalue weighted by molar-refractivity contribution is 5.82. The predicted octanol–water partition coefficient (Wildman–Crippen LogP) is 14.7. The normalized spacial score (nSPS) is 11.1. The minimum Gasteiger partial charge on any atom is -0.375 e. The highest BCUT2D eigenvalue weighted by atomic mass is 15.2. The van der Waals surface area contributed by atoms with Gasteiger partial charge >= 0.3 is 0 Å². The van der Waals surface area contributed by atoms with E-state index in [-0.39, 0.29) is 0 Å². The lowest BCUT2D eigenvalue weighted by atomic mass is 10.1. The van der Waals surface area contributed by atoms with Crippen LogP contribution in [0.15, 0.2) is 121 Å². The van der Waals surface area contributed by atoms with Crippen molar-refractivity contribution in [2.24, 2.45) is 0 Å². The summed E-state index contributed by atoms with van der Waals surface area (Å²) < 4.78 is 0.